The van der Waals surface area contributed by atoms with E-state index in [9.17, 15) is 0 Å². The van der Waals surface area contributed by atoms with Crippen LogP contribution in [-0.4, -0.2) is 43.8 Å². The maximum Gasteiger partial charge on any atom is 0.0710 e. The number of rotatable bonds is 3. The van der Waals surface area contributed by atoms with Crippen molar-refractivity contribution in [1.82, 2.24) is 4.90 Å². The number of hydrogen-bond donors (Lipinski definition) is 1. The van der Waals surface area contributed by atoms with E-state index in [4.69, 9.17) is 10.5 Å². The van der Waals surface area contributed by atoms with Crippen LogP contribution < -0.4 is 5.73 Å². The number of hydrogen-bond acceptors (Lipinski definition) is 3. The van der Waals surface area contributed by atoms with Crippen molar-refractivity contribution in [2.75, 3.05) is 26.7 Å². The number of nitrogens with two attached hydrogens (primary N) is 1. The zero-order chi connectivity index (χ0) is 9.97. The topological polar surface area (TPSA) is 38.5 Å². The van der Waals surface area contributed by atoms with E-state index < -0.39 is 0 Å². The summed E-state index contributed by atoms with van der Waals surface area (Å²) >= 11 is 0. The highest BCUT2D eigenvalue weighted by Gasteiger charge is 2.27. The lowest BCUT2D eigenvalue weighted by molar-refractivity contribution is 0.106. The quantitative estimate of drug-likeness (QED) is 0.730. The second-order valence-corrected chi connectivity index (χ2v) is 4.85. The molecular formula is C11H22N2O. The first kappa shape index (κ1) is 10.4. The fourth-order valence-electron chi connectivity index (χ4n) is 2.80. The standard InChI is InChI=1S/C11H22N2O/c1-14-11-4-5-13(8-11)7-9-2-3-10(12)6-9/h9-11H,2-8,12H2,1H3. The molecule has 0 bridgehead atoms. The van der Waals surface area contributed by atoms with Crippen LogP contribution in [0.15, 0.2) is 0 Å². The summed E-state index contributed by atoms with van der Waals surface area (Å²) in [5.74, 6) is 0.848. The smallest absolute Gasteiger partial charge is 0.0710 e. The van der Waals surface area contributed by atoms with E-state index in [2.05, 4.69) is 4.90 Å². The maximum atomic E-state index is 5.91. The molecule has 3 unspecified atom stereocenters. The van der Waals surface area contributed by atoms with Gasteiger partial charge in [-0.25, -0.2) is 0 Å². The number of likely N-dealkylation sites (tertiary alicyclic amines) is 1. The Balaban J connectivity index is 1.71. The van der Waals surface area contributed by atoms with Crippen LogP contribution in [0.1, 0.15) is 25.7 Å². The Morgan fingerprint density at radius 2 is 2.21 bits per heavy atom. The SMILES string of the molecule is COC1CCN(CC2CCC(N)C2)C1. The first-order valence-corrected chi connectivity index (χ1v) is 5.78. The summed E-state index contributed by atoms with van der Waals surface area (Å²) in [4.78, 5) is 2.54. The van der Waals surface area contributed by atoms with Crippen LogP contribution in [0.4, 0.5) is 0 Å². The van der Waals surface area contributed by atoms with Crippen molar-refractivity contribution in [3.05, 3.63) is 0 Å². The van der Waals surface area contributed by atoms with Crippen molar-refractivity contribution in [1.29, 1.82) is 0 Å². The molecule has 0 radical (unpaired) electrons. The summed E-state index contributed by atoms with van der Waals surface area (Å²) in [5, 5.41) is 0. The van der Waals surface area contributed by atoms with Crippen molar-refractivity contribution < 1.29 is 4.74 Å². The normalized spacial score (nSPS) is 39.4. The van der Waals surface area contributed by atoms with Gasteiger partial charge in [-0.3, -0.25) is 0 Å². The first-order valence-electron chi connectivity index (χ1n) is 5.78. The van der Waals surface area contributed by atoms with E-state index in [1.165, 1.54) is 38.8 Å². The Bertz CT molecular complexity index is 186. The van der Waals surface area contributed by atoms with E-state index in [0.717, 1.165) is 12.5 Å². The summed E-state index contributed by atoms with van der Waals surface area (Å²) in [7, 11) is 1.82. The van der Waals surface area contributed by atoms with Gasteiger partial charge in [0.05, 0.1) is 6.10 Å². The molecule has 1 saturated carbocycles. The van der Waals surface area contributed by atoms with Gasteiger partial charge in [0.15, 0.2) is 0 Å². The average Bonchev–Trinajstić information content (AvgIpc) is 2.76. The zero-order valence-corrected chi connectivity index (χ0v) is 9.11. The number of methoxy groups -OCH3 is 1. The van der Waals surface area contributed by atoms with E-state index in [1.54, 1.807) is 0 Å². The molecule has 3 atom stereocenters. The fourth-order valence-corrected chi connectivity index (χ4v) is 2.80. The molecule has 2 aliphatic rings. The maximum absolute atomic E-state index is 5.91. The highest BCUT2D eigenvalue weighted by molar-refractivity contribution is 4.83. The molecule has 0 aromatic heterocycles. The average molecular weight is 198 g/mol. The lowest BCUT2D eigenvalue weighted by Gasteiger charge is -2.19. The Labute approximate surface area is 86.6 Å². The van der Waals surface area contributed by atoms with Gasteiger partial charge in [-0.2, -0.15) is 0 Å². The third-order valence-corrected chi connectivity index (χ3v) is 3.66. The molecule has 2 N–H and O–H groups in total. The van der Waals surface area contributed by atoms with E-state index in [0.29, 0.717) is 12.1 Å². The molecular weight excluding hydrogens is 176 g/mol. The minimum absolute atomic E-state index is 0.473. The molecule has 3 heteroatoms. The first-order chi connectivity index (χ1) is 6.78. The second-order valence-electron chi connectivity index (χ2n) is 4.85. The molecule has 3 nitrogen and oxygen atoms in total. The molecule has 0 aromatic carbocycles. The molecule has 2 rings (SSSR count). The Morgan fingerprint density at radius 1 is 1.36 bits per heavy atom. The van der Waals surface area contributed by atoms with Gasteiger partial charge < -0.3 is 15.4 Å². The van der Waals surface area contributed by atoms with Crippen LogP contribution in [-0.2, 0) is 4.74 Å². The molecule has 82 valence electrons. The Hall–Kier alpha value is -0.120. The van der Waals surface area contributed by atoms with Crippen LogP contribution in [0.25, 0.3) is 0 Å². The Morgan fingerprint density at radius 3 is 2.79 bits per heavy atom. The molecule has 0 amide bonds. The van der Waals surface area contributed by atoms with Crippen LogP contribution >= 0.6 is 0 Å². The van der Waals surface area contributed by atoms with Gasteiger partial charge >= 0.3 is 0 Å². The highest BCUT2D eigenvalue weighted by Crippen LogP contribution is 2.26. The van der Waals surface area contributed by atoms with Crippen molar-refractivity contribution >= 4 is 0 Å². The molecule has 1 aliphatic carbocycles. The highest BCUT2D eigenvalue weighted by atomic mass is 16.5. The van der Waals surface area contributed by atoms with Crippen molar-refractivity contribution in [3.8, 4) is 0 Å². The fraction of sp³-hybridized carbons (Fsp3) is 1.00. The predicted octanol–water partition coefficient (Wildman–Crippen LogP) is 0.834. The lowest BCUT2D eigenvalue weighted by atomic mass is 10.1. The van der Waals surface area contributed by atoms with Gasteiger partial charge in [-0.1, -0.05) is 0 Å². The minimum Gasteiger partial charge on any atom is -0.380 e. The number of ether oxygens (including phenoxy) is 1. The molecule has 1 aliphatic heterocycles. The molecule has 1 heterocycles. The largest absolute Gasteiger partial charge is 0.380 e. The van der Waals surface area contributed by atoms with Gasteiger partial charge in [0.25, 0.3) is 0 Å². The Kier molecular flexibility index (Phi) is 3.42. The van der Waals surface area contributed by atoms with Gasteiger partial charge in [0.1, 0.15) is 0 Å². The monoisotopic (exact) mass is 198 g/mol. The molecule has 1 saturated heterocycles. The van der Waals surface area contributed by atoms with Crippen LogP contribution in [0.5, 0.6) is 0 Å². The van der Waals surface area contributed by atoms with E-state index >= 15 is 0 Å². The van der Waals surface area contributed by atoms with Gasteiger partial charge in [-0.15, -0.1) is 0 Å². The zero-order valence-electron chi connectivity index (χ0n) is 9.11. The summed E-state index contributed by atoms with van der Waals surface area (Å²) in [6.07, 6.45) is 5.47. The summed E-state index contributed by atoms with van der Waals surface area (Å²) in [5.41, 5.74) is 5.91. The predicted molar refractivity (Wildman–Crippen MR) is 57.2 cm³/mol. The van der Waals surface area contributed by atoms with Crippen LogP contribution in [0.3, 0.4) is 0 Å². The van der Waals surface area contributed by atoms with Gasteiger partial charge in [0, 0.05) is 32.8 Å². The van der Waals surface area contributed by atoms with E-state index in [1.807, 2.05) is 7.11 Å². The van der Waals surface area contributed by atoms with Crippen LogP contribution in [0.2, 0.25) is 0 Å². The second kappa shape index (κ2) is 4.60. The van der Waals surface area contributed by atoms with Crippen molar-refractivity contribution in [3.63, 3.8) is 0 Å². The summed E-state index contributed by atoms with van der Waals surface area (Å²) in [6.45, 7) is 3.58. The van der Waals surface area contributed by atoms with Gasteiger partial charge in [0.2, 0.25) is 0 Å². The summed E-state index contributed by atoms with van der Waals surface area (Å²) < 4.78 is 5.36. The van der Waals surface area contributed by atoms with E-state index in [-0.39, 0.29) is 0 Å². The third-order valence-electron chi connectivity index (χ3n) is 3.66. The molecule has 2 fully saturated rings. The minimum atomic E-state index is 0.473. The number of nitrogens with zero attached hydrogens (tertiary/aromatic N) is 1. The lowest BCUT2D eigenvalue weighted by Crippen LogP contribution is -2.28. The molecule has 14 heavy (non-hydrogen) atoms. The molecule has 0 aromatic rings. The summed E-state index contributed by atoms with van der Waals surface area (Å²) in [6, 6.07) is 0.473. The van der Waals surface area contributed by atoms with Crippen molar-refractivity contribution in [2.45, 2.75) is 37.8 Å². The molecule has 0 spiro atoms. The third kappa shape index (κ3) is 2.47. The van der Waals surface area contributed by atoms with Gasteiger partial charge in [-0.05, 0) is 31.6 Å². The van der Waals surface area contributed by atoms with Crippen LogP contribution in [0, 0.1) is 5.92 Å². The van der Waals surface area contributed by atoms with Crippen molar-refractivity contribution in [2.24, 2.45) is 11.7 Å².